The number of carboxylic acid groups (broad SMARTS) is 2. The molecule has 0 aliphatic carbocycles. The molecule has 1 rings (SSSR count). The number of amides is 1. The molecule has 0 radical (unpaired) electrons. The Kier molecular flexibility index (Phi) is 3.52. The Labute approximate surface area is 86.4 Å². The van der Waals surface area contributed by atoms with E-state index in [1.165, 1.54) is 0 Å². The molecule has 0 bridgehead atoms. The Bertz CT molecular complexity index is 286. The van der Waals surface area contributed by atoms with Crippen LogP contribution in [-0.2, 0) is 9.53 Å². The lowest BCUT2D eigenvalue weighted by atomic mass is 10.2. The summed E-state index contributed by atoms with van der Waals surface area (Å²) in [6.45, 7) is 0.110. The van der Waals surface area contributed by atoms with Crippen LogP contribution in [0.5, 0.6) is 0 Å². The van der Waals surface area contributed by atoms with Crippen molar-refractivity contribution in [1.29, 1.82) is 0 Å². The van der Waals surface area contributed by atoms with E-state index >= 15 is 0 Å². The molecule has 1 fully saturated rings. The van der Waals surface area contributed by atoms with Crippen molar-refractivity contribution in [3.8, 4) is 12.3 Å². The number of hydrogen-bond acceptors (Lipinski definition) is 3. The van der Waals surface area contributed by atoms with E-state index in [-0.39, 0.29) is 19.6 Å². The lowest BCUT2D eigenvalue weighted by Crippen LogP contribution is -2.39. The lowest BCUT2D eigenvalue weighted by molar-refractivity contribution is -0.141. The predicted octanol–water partition coefficient (Wildman–Crippen LogP) is -0.158. The zero-order chi connectivity index (χ0) is 11.4. The van der Waals surface area contributed by atoms with Gasteiger partial charge in [0.05, 0.1) is 12.6 Å². The molecule has 1 amide bonds. The van der Waals surface area contributed by atoms with Gasteiger partial charge in [0.1, 0.15) is 12.6 Å². The van der Waals surface area contributed by atoms with Gasteiger partial charge in [0.2, 0.25) is 0 Å². The van der Waals surface area contributed by atoms with E-state index in [0.29, 0.717) is 0 Å². The molecule has 0 aromatic carbocycles. The third kappa shape index (κ3) is 2.60. The Morgan fingerprint density at radius 3 is 2.60 bits per heavy atom. The Morgan fingerprint density at radius 2 is 2.20 bits per heavy atom. The van der Waals surface area contributed by atoms with Crippen LogP contribution >= 0.6 is 0 Å². The monoisotopic (exact) mass is 213 g/mol. The minimum atomic E-state index is -1.26. The molecular formula is C9H11NO5. The summed E-state index contributed by atoms with van der Waals surface area (Å²) >= 11 is 0. The smallest absolute Gasteiger partial charge is 0.408 e. The first-order valence-corrected chi connectivity index (χ1v) is 4.33. The molecule has 1 aliphatic rings. The van der Waals surface area contributed by atoms with Gasteiger partial charge in [0.15, 0.2) is 0 Å². The van der Waals surface area contributed by atoms with E-state index in [2.05, 4.69) is 5.92 Å². The topological polar surface area (TPSA) is 87.1 Å². The summed E-state index contributed by atoms with van der Waals surface area (Å²) < 4.78 is 5.11. The quantitative estimate of drug-likeness (QED) is 0.636. The van der Waals surface area contributed by atoms with Crippen molar-refractivity contribution in [3.05, 3.63) is 0 Å². The molecule has 0 spiro atoms. The molecule has 2 atom stereocenters. The van der Waals surface area contributed by atoms with Crippen LogP contribution in [-0.4, -0.2) is 52.5 Å². The Hall–Kier alpha value is -1.74. The number of carbonyl (C=O) groups is 2. The normalized spacial score (nSPS) is 24.9. The number of rotatable bonds is 3. The largest absolute Gasteiger partial charge is 0.480 e. The van der Waals surface area contributed by atoms with Crippen LogP contribution in [0.25, 0.3) is 0 Å². The number of ether oxygens (including phenoxy) is 1. The third-order valence-electron chi connectivity index (χ3n) is 2.20. The molecular weight excluding hydrogens is 202 g/mol. The first kappa shape index (κ1) is 11.3. The standard InChI is InChI=1S/C9H11NO5/c1-2-3-15-6-4-7(8(11)12)10(5-6)9(13)14/h1,6-7H,3-5H2,(H,11,12)(H,13,14)/t6-,7+/m1/s1. The average molecular weight is 213 g/mol. The zero-order valence-electron chi connectivity index (χ0n) is 7.92. The van der Waals surface area contributed by atoms with E-state index in [9.17, 15) is 9.59 Å². The van der Waals surface area contributed by atoms with Crippen molar-refractivity contribution in [2.75, 3.05) is 13.2 Å². The highest BCUT2D eigenvalue weighted by Crippen LogP contribution is 2.20. The molecule has 6 heteroatoms. The highest BCUT2D eigenvalue weighted by molar-refractivity contribution is 5.80. The van der Waals surface area contributed by atoms with Gasteiger partial charge in [-0.1, -0.05) is 5.92 Å². The summed E-state index contributed by atoms with van der Waals surface area (Å²) in [4.78, 5) is 22.3. The maximum absolute atomic E-state index is 10.7. The summed E-state index contributed by atoms with van der Waals surface area (Å²) in [5, 5.41) is 17.5. The molecule has 82 valence electrons. The summed E-state index contributed by atoms with van der Waals surface area (Å²) in [6, 6.07) is -1.04. The molecule has 6 nitrogen and oxygen atoms in total. The van der Waals surface area contributed by atoms with Crippen LogP contribution in [0, 0.1) is 12.3 Å². The van der Waals surface area contributed by atoms with Crippen molar-refractivity contribution < 1.29 is 24.5 Å². The zero-order valence-corrected chi connectivity index (χ0v) is 7.92. The van der Waals surface area contributed by atoms with E-state index in [4.69, 9.17) is 21.4 Å². The van der Waals surface area contributed by atoms with Gasteiger partial charge in [-0.05, 0) is 0 Å². The van der Waals surface area contributed by atoms with E-state index in [1.807, 2.05) is 0 Å². The lowest BCUT2D eigenvalue weighted by Gasteiger charge is -2.16. The van der Waals surface area contributed by atoms with Crippen molar-refractivity contribution >= 4 is 12.1 Å². The minimum Gasteiger partial charge on any atom is -0.480 e. The second-order valence-corrected chi connectivity index (χ2v) is 3.16. The Balaban J connectivity index is 2.62. The number of carboxylic acids is 1. The molecule has 1 aliphatic heterocycles. The fraction of sp³-hybridized carbons (Fsp3) is 0.556. The fourth-order valence-corrected chi connectivity index (χ4v) is 1.53. The molecule has 0 saturated carbocycles. The first-order chi connectivity index (χ1) is 7.06. The fourth-order valence-electron chi connectivity index (χ4n) is 1.53. The van der Waals surface area contributed by atoms with Crippen LogP contribution in [0.1, 0.15) is 6.42 Å². The molecule has 1 saturated heterocycles. The second kappa shape index (κ2) is 4.66. The first-order valence-electron chi connectivity index (χ1n) is 4.33. The van der Waals surface area contributed by atoms with E-state index < -0.39 is 24.2 Å². The average Bonchev–Trinajstić information content (AvgIpc) is 2.58. The summed E-state index contributed by atoms with van der Waals surface area (Å²) in [5.74, 6) is 1.08. The van der Waals surface area contributed by atoms with Crippen LogP contribution < -0.4 is 0 Å². The number of nitrogens with zero attached hydrogens (tertiary/aromatic N) is 1. The van der Waals surface area contributed by atoms with Crippen molar-refractivity contribution in [3.63, 3.8) is 0 Å². The minimum absolute atomic E-state index is 0.0496. The van der Waals surface area contributed by atoms with Crippen molar-refractivity contribution in [1.82, 2.24) is 4.90 Å². The van der Waals surface area contributed by atoms with Gasteiger partial charge in [-0.25, -0.2) is 9.59 Å². The van der Waals surface area contributed by atoms with Crippen molar-refractivity contribution in [2.24, 2.45) is 0 Å². The number of likely N-dealkylation sites (tertiary alicyclic amines) is 1. The van der Waals surface area contributed by atoms with Gasteiger partial charge in [0.25, 0.3) is 0 Å². The van der Waals surface area contributed by atoms with E-state index in [0.717, 1.165) is 4.90 Å². The maximum Gasteiger partial charge on any atom is 0.408 e. The van der Waals surface area contributed by atoms with Gasteiger partial charge in [-0.2, -0.15) is 0 Å². The van der Waals surface area contributed by atoms with Crippen LogP contribution in [0.3, 0.4) is 0 Å². The third-order valence-corrected chi connectivity index (χ3v) is 2.20. The molecule has 0 unspecified atom stereocenters. The number of hydrogen-bond donors (Lipinski definition) is 2. The predicted molar refractivity (Wildman–Crippen MR) is 49.3 cm³/mol. The molecule has 0 aromatic rings. The SMILES string of the molecule is C#CCO[C@@H]1C[C@@H](C(=O)O)N(C(=O)O)C1. The van der Waals surface area contributed by atoms with Gasteiger partial charge in [0, 0.05) is 6.42 Å². The van der Waals surface area contributed by atoms with Crippen LogP contribution in [0.4, 0.5) is 4.79 Å². The highest BCUT2D eigenvalue weighted by atomic mass is 16.5. The summed E-state index contributed by atoms with van der Waals surface area (Å²) in [6.07, 6.45) is 3.43. The Morgan fingerprint density at radius 1 is 1.53 bits per heavy atom. The van der Waals surface area contributed by atoms with Crippen LogP contribution in [0.15, 0.2) is 0 Å². The van der Waals surface area contributed by atoms with Gasteiger partial charge < -0.3 is 14.9 Å². The van der Waals surface area contributed by atoms with E-state index in [1.54, 1.807) is 0 Å². The number of terminal acetylenes is 1. The molecule has 0 aromatic heterocycles. The van der Waals surface area contributed by atoms with Gasteiger partial charge in [-0.3, -0.25) is 4.90 Å². The highest BCUT2D eigenvalue weighted by Gasteiger charge is 2.40. The van der Waals surface area contributed by atoms with Gasteiger partial charge >= 0.3 is 12.1 Å². The molecule has 1 heterocycles. The van der Waals surface area contributed by atoms with Gasteiger partial charge in [-0.15, -0.1) is 6.42 Å². The maximum atomic E-state index is 10.7. The number of aliphatic carboxylic acids is 1. The van der Waals surface area contributed by atoms with Crippen molar-refractivity contribution in [2.45, 2.75) is 18.6 Å². The summed E-state index contributed by atoms with van der Waals surface area (Å²) in [7, 11) is 0. The summed E-state index contributed by atoms with van der Waals surface area (Å²) in [5.41, 5.74) is 0. The van der Waals surface area contributed by atoms with Crippen LogP contribution in [0.2, 0.25) is 0 Å². The molecule has 15 heavy (non-hydrogen) atoms. The molecule has 2 N–H and O–H groups in total. The second-order valence-electron chi connectivity index (χ2n) is 3.16.